The minimum atomic E-state index is -8.27. The van der Waals surface area contributed by atoms with Gasteiger partial charge >= 0.3 is 48.1 Å². The molecule has 0 saturated carbocycles. The fourth-order valence-corrected chi connectivity index (χ4v) is 2.31. The van der Waals surface area contributed by atoms with Crippen molar-refractivity contribution >= 4 is 0 Å². The molecule has 0 N–H and O–H groups in total. The number of epoxide rings is 1. The number of alkyl halides is 18. The Hall–Kier alpha value is -1.30. The molecular weight excluding hydrogens is 466 g/mol. The van der Waals surface area contributed by atoms with Crippen LogP contribution in [0.4, 0.5) is 79.0 Å². The van der Waals surface area contributed by atoms with Crippen LogP contribution in [0.2, 0.25) is 0 Å². The van der Waals surface area contributed by atoms with E-state index < -0.39 is 53.7 Å². The standard InChI is InChI=1S/C9F18O/c10-1(5(13,14)15,6(16,17)18)3(9(25,26)27)4(12,28-3)2(11,7(19,20)21)8(22,23)24. The van der Waals surface area contributed by atoms with E-state index in [4.69, 9.17) is 0 Å². The van der Waals surface area contributed by atoms with E-state index in [1.807, 2.05) is 4.74 Å². The Labute approximate surface area is 139 Å². The maximum absolute atomic E-state index is 13.9. The smallest absolute Gasteiger partial charge is 0.314 e. The Balaban J connectivity index is 4.08. The maximum Gasteiger partial charge on any atom is 0.437 e. The van der Waals surface area contributed by atoms with Crippen LogP contribution in [0.25, 0.3) is 0 Å². The predicted molar refractivity (Wildman–Crippen MR) is 45.6 cm³/mol. The highest BCUT2D eigenvalue weighted by molar-refractivity contribution is 5.35. The third kappa shape index (κ3) is 2.49. The van der Waals surface area contributed by atoms with Crippen molar-refractivity contribution in [2.24, 2.45) is 0 Å². The number of halogens is 18. The van der Waals surface area contributed by atoms with Gasteiger partial charge in [-0.25, -0.2) is 13.2 Å². The van der Waals surface area contributed by atoms with Crippen LogP contribution in [-0.4, -0.2) is 53.7 Å². The first-order valence-electron chi connectivity index (χ1n) is 5.81. The van der Waals surface area contributed by atoms with Gasteiger partial charge in [-0.15, -0.1) is 0 Å². The zero-order valence-electron chi connectivity index (χ0n) is 11.7. The lowest BCUT2D eigenvalue weighted by molar-refractivity contribution is -0.403. The van der Waals surface area contributed by atoms with Crippen LogP contribution in [0.5, 0.6) is 0 Å². The van der Waals surface area contributed by atoms with Gasteiger partial charge < -0.3 is 4.74 Å². The summed E-state index contributed by atoms with van der Waals surface area (Å²) >= 11 is 0. The molecular formula is C9F18O. The second-order valence-corrected chi connectivity index (χ2v) is 5.18. The first-order valence-corrected chi connectivity index (χ1v) is 5.81. The summed E-state index contributed by atoms with van der Waals surface area (Å²) < 4.78 is 230. The number of hydrogen-bond donors (Lipinski definition) is 0. The zero-order chi connectivity index (χ0) is 23.2. The van der Waals surface area contributed by atoms with E-state index in [0.29, 0.717) is 0 Å². The second kappa shape index (κ2) is 5.44. The number of ether oxygens (including phenoxy) is 1. The largest absolute Gasteiger partial charge is 0.437 e. The molecule has 0 bridgehead atoms. The van der Waals surface area contributed by atoms with Gasteiger partial charge in [0.1, 0.15) is 0 Å². The SMILES string of the molecule is FC(F)(F)C(F)(C(F)(F)F)C1(F)OC1(C(F)(F)F)C(F)(C(F)(F)F)C(F)(F)F. The molecule has 19 heteroatoms. The highest BCUT2D eigenvalue weighted by Crippen LogP contribution is 2.77. The molecule has 1 saturated heterocycles. The summed E-state index contributed by atoms with van der Waals surface area (Å²) in [5.74, 6) is -7.59. The lowest BCUT2D eigenvalue weighted by atomic mass is 9.76. The number of hydrogen-bond acceptors (Lipinski definition) is 1. The van der Waals surface area contributed by atoms with Gasteiger partial charge in [0.05, 0.1) is 0 Å². The summed E-state index contributed by atoms with van der Waals surface area (Å²) in [6.45, 7) is 0. The lowest BCUT2D eigenvalue weighted by Gasteiger charge is -2.38. The van der Waals surface area contributed by atoms with Crippen molar-refractivity contribution in [2.75, 3.05) is 0 Å². The maximum atomic E-state index is 13.9. The fraction of sp³-hybridized carbons (Fsp3) is 1.00. The molecule has 0 amide bonds. The summed E-state index contributed by atoms with van der Waals surface area (Å²) in [4.78, 5) is 0. The number of rotatable bonds is 2. The molecule has 0 radical (unpaired) electrons. The van der Waals surface area contributed by atoms with Gasteiger partial charge in [0, 0.05) is 0 Å². The lowest BCUT2D eigenvalue weighted by Crippen LogP contribution is -2.74. The van der Waals surface area contributed by atoms with Gasteiger partial charge in [0.15, 0.2) is 0 Å². The summed E-state index contributed by atoms with van der Waals surface area (Å²) in [5.41, 5.74) is -24.0. The monoisotopic (exact) mass is 466 g/mol. The Morgan fingerprint density at radius 3 is 0.857 bits per heavy atom. The van der Waals surface area contributed by atoms with Crippen LogP contribution in [-0.2, 0) is 4.74 Å². The third-order valence-corrected chi connectivity index (χ3v) is 3.59. The Kier molecular flexibility index (Phi) is 4.80. The molecule has 1 aliphatic heterocycles. The van der Waals surface area contributed by atoms with Gasteiger partial charge in [0.2, 0.25) is 0 Å². The van der Waals surface area contributed by atoms with E-state index in [2.05, 4.69) is 0 Å². The first-order chi connectivity index (χ1) is 11.7. The third-order valence-electron chi connectivity index (χ3n) is 3.59. The highest BCUT2D eigenvalue weighted by Gasteiger charge is 3.11. The Morgan fingerprint density at radius 2 is 0.679 bits per heavy atom. The van der Waals surface area contributed by atoms with Crippen LogP contribution in [0.3, 0.4) is 0 Å². The van der Waals surface area contributed by atoms with E-state index in [1.54, 1.807) is 0 Å². The van der Waals surface area contributed by atoms with Crippen LogP contribution in [0.15, 0.2) is 0 Å². The van der Waals surface area contributed by atoms with Crippen molar-refractivity contribution in [1.29, 1.82) is 0 Å². The molecule has 2 atom stereocenters. The molecule has 1 heterocycles. The van der Waals surface area contributed by atoms with E-state index in [-0.39, 0.29) is 0 Å². The Morgan fingerprint density at radius 1 is 0.429 bits per heavy atom. The molecule has 28 heavy (non-hydrogen) atoms. The van der Waals surface area contributed by atoms with Crippen molar-refractivity contribution < 1.29 is 83.8 Å². The zero-order valence-corrected chi connectivity index (χ0v) is 11.7. The molecule has 1 nitrogen and oxygen atoms in total. The minimum absolute atomic E-state index is 1.87. The molecule has 1 aliphatic rings. The van der Waals surface area contributed by atoms with Crippen LogP contribution >= 0.6 is 0 Å². The normalized spacial score (nSPS) is 28.5. The molecule has 1 fully saturated rings. The predicted octanol–water partition coefficient (Wildman–Crippen LogP) is 5.65. The van der Waals surface area contributed by atoms with E-state index >= 15 is 0 Å². The molecule has 168 valence electrons. The van der Waals surface area contributed by atoms with Crippen molar-refractivity contribution in [1.82, 2.24) is 0 Å². The van der Waals surface area contributed by atoms with Crippen molar-refractivity contribution in [2.45, 2.75) is 53.7 Å². The summed E-state index contributed by atoms with van der Waals surface area (Å²) in [5, 5.41) is 0. The van der Waals surface area contributed by atoms with Gasteiger partial charge in [-0.2, -0.15) is 65.9 Å². The topological polar surface area (TPSA) is 12.5 Å². The van der Waals surface area contributed by atoms with E-state index in [1.165, 1.54) is 0 Å². The van der Waals surface area contributed by atoms with Crippen molar-refractivity contribution in [3.05, 3.63) is 0 Å². The molecule has 2 unspecified atom stereocenters. The minimum Gasteiger partial charge on any atom is -0.314 e. The molecule has 0 aromatic rings. The molecule has 0 spiro atoms. The molecule has 1 rings (SSSR count). The fourth-order valence-electron chi connectivity index (χ4n) is 2.31. The van der Waals surface area contributed by atoms with Gasteiger partial charge in [-0.05, 0) is 0 Å². The highest BCUT2D eigenvalue weighted by atomic mass is 19.4. The van der Waals surface area contributed by atoms with Gasteiger partial charge in [0.25, 0.3) is 5.60 Å². The average molecular weight is 466 g/mol. The Bertz CT molecular complexity index is 587. The molecule has 0 aromatic carbocycles. The summed E-state index contributed by atoms with van der Waals surface area (Å²) in [6.07, 6.45) is -40.0. The molecule has 0 aromatic heterocycles. The average Bonchev–Trinajstić information content (AvgIpc) is 3.00. The van der Waals surface area contributed by atoms with E-state index in [9.17, 15) is 79.0 Å². The van der Waals surface area contributed by atoms with Crippen LogP contribution < -0.4 is 0 Å². The van der Waals surface area contributed by atoms with Gasteiger partial charge in [-0.3, -0.25) is 0 Å². The first kappa shape index (κ1) is 24.7. The van der Waals surface area contributed by atoms with E-state index in [0.717, 1.165) is 0 Å². The summed E-state index contributed by atoms with van der Waals surface area (Å²) in [6, 6.07) is 0. The quantitative estimate of drug-likeness (QED) is 0.379. The summed E-state index contributed by atoms with van der Waals surface area (Å²) in [7, 11) is 0. The molecule has 0 aliphatic carbocycles. The van der Waals surface area contributed by atoms with Crippen LogP contribution in [0, 0.1) is 0 Å². The second-order valence-electron chi connectivity index (χ2n) is 5.18. The van der Waals surface area contributed by atoms with Crippen molar-refractivity contribution in [3.8, 4) is 0 Å². The van der Waals surface area contributed by atoms with Gasteiger partial charge in [-0.1, -0.05) is 0 Å². The van der Waals surface area contributed by atoms with Crippen LogP contribution in [0.1, 0.15) is 0 Å². The van der Waals surface area contributed by atoms with Crippen molar-refractivity contribution in [3.63, 3.8) is 0 Å².